The normalized spacial score (nSPS) is 11.2. The summed E-state index contributed by atoms with van der Waals surface area (Å²) in [6.45, 7) is 0. The fraction of sp³-hybridized carbons (Fsp3) is 0. The van der Waals surface area contributed by atoms with Gasteiger partial charge in [-0.25, -0.2) is 15.0 Å². The lowest BCUT2D eigenvalue weighted by Crippen LogP contribution is -2.10. The first-order valence-corrected chi connectivity index (χ1v) is 18.7. The van der Waals surface area contributed by atoms with Gasteiger partial charge < -0.3 is 9.32 Å². The van der Waals surface area contributed by atoms with Crippen molar-refractivity contribution in [3.8, 4) is 56.4 Å². The molecule has 0 atom stereocenters. The largest absolute Gasteiger partial charge is 0.454 e. The molecule has 5 nitrogen and oxygen atoms in total. The number of rotatable bonds is 8. The topological polar surface area (TPSA) is 55.1 Å². The van der Waals surface area contributed by atoms with E-state index in [1.54, 1.807) is 0 Å². The first-order valence-electron chi connectivity index (χ1n) is 18.7. The first-order chi connectivity index (χ1) is 27.7. The summed E-state index contributed by atoms with van der Waals surface area (Å²) in [7, 11) is 0. The van der Waals surface area contributed by atoms with Crippen LogP contribution in [0.4, 0.5) is 17.1 Å². The number of para-hydroxylation sites is 2. The highest BCUT2D eigenvalue weighted by molar-refractivity contribution is 6.11. The Kier molecular flexibility index (Phi) is 8.43. The molecule has 0 saturated carbocycles. The summed E-state index contributed by atoms with van der Waals surface area (Å²) in [5, 5.41) is 2.05. The second-order valence-electron chi connectivity index (χ2n) is 13.7. The third kappa shape index (κ3) is 6.27. The predicted molar refractivity (Wildman–Crippen MR) is 229 cm³/mol. The number of fused-ring (bicyclic) bond motifs is 3. The summed E-state index contributed by atoms with van der Waals surface area (Å²) < 4.78 is 6.83. The molecule has 0 spiro atoms. The number of furan rings is 1. The lowest BCUT2D eigenvalue weighted by Gasteiger charge is -2.25. The third-order valence-corrected chi connectivity index (χ3v) is 10.1. The van der Waals surface area contributed by atoms with E-state index in [-0.39, 0.29) is 0 Å². The van der Waals surface area contributed by atoms with Crippen LogP contribution in [0.2, 0.25) is 0 Å². The van der Waals surface area contributed by atoms with Crippen LogP contribution in [0.1, 0.15) is 0 Å². The molecule has 56 heavy (non-hydrogen) atoms. The van der Waals surface area contributed by atoms with Gasteiger partial charge in [0.2, 0.25) is 0 Å². The Labute approximate surface area is 324 Å². The van der Waals surface area contributed by atoms with Gasteiger partial charge >= 0.3 is 0 Å². The van der Waals surface area contributed by atoms with Crippen molar-refractivity contribution in [2.75, 3.05) is 4.90 Å². The smallest absolute Gasteiger partial charge is 0.164 e. The van der Waals surface area contributed by atoms with Crippen molar-refractivity contribution < 1.29 is 4.42 Å². The summed E-state index contributed by atoms with van der Waals surface area (Å²) in [6.07, 6.45) is 0. The zero-order valence-corrected chi connectivity index (χ0v) is 30.3. The Morgan fingerprint density at radius 1 is 0.321 bits per heavy atom. The average molecular weight is 719 g/mol. The maximum absolute atomic E-state index is 6.83. The van der Waals surface area contributed by atoms with Crippen LogP contribution in [0, 0.1) is 0 Å². The predicted octanol–water partition coefficient (Wildman–Crippen LogP) is 13.6. The summed E-state index contributed by atoms with van der Waals surface area (Å²) in [5.74, 6) is 1.83. The molecule has 0 aliphatic heterocycles. The molecule has 264 valence electrons. The van der Waals surface area contributed by atoms with E-state index in [2.05, 4.69) is 132 Å². The van der Waals surface area contributed by atoms with Crippen LogP contribution in [0.3, 0.4) is 0 Å². The van der Waals surface area contributed by atoms with Crippen LogP contribution in [0.25, 0.3) is 78.4 Å². The molecule has 0 radical (unpaired) electrons. The highest BCUT2D eigenvalue weighted by Crippen LogP contribution is 2.43. The number of hydrogen-bond donors (Lipinski definition) is 0. The third-order valence-electron chi connectivity index (χ3n) is 10.1. The highest BCUT2D eigenvalue weighted by Gasteiger charge is 2.20. The second-order valence-corrected chi connectivity index (χ2v) is 13.7. The number of hydrogen-bond acceptors (Lipinski definition) is 5. The Hall–Kier alpha value is -7.63. The van der Waals surface area contributed by atoms with Gasteiger partial charge in [0.1, 0.15) is 5.58 Å². The minimum absolute atomic E-state index is 0.584. The molecule has 0 amide bonds. The molecule has 0 fully saturated rings. The molecular formula is C51H34N4O. The molecule has 8 aromatic carbocycles. The van der Waals surface area contributed by atoms with Crippen LogP contribution in [0.5, 0.6) is 0 Å². The fourth-order valence-corrected chi connectivity index (χ4v) is 7.33. The monoisotopic (exact) mass is 718 g/mol. The van der Waals surface area contributed by atoms with Gasteiger partial charge in [-0.05, 0) is 64.7 Å². The van der Waals surface area contributed by atoms with Crippen LogP contribution in [0.15, 0.2) is 211 Å². The number of benzene rings is 8. The summed E-state index contributed by atoms with van der Waals surface area (Å²) in [5.41, 5.74) is 12.0. The molecule has 10 rings (SSSR count). The maximum atomic E-state index is 6.83. The van der Waals surface area contributed by atoms with Crippen molar-refractivity contribution in [2.45, 2.75) is 0 Å². The van der Waals surface area contributed by atoms with E-state index >= 15 is 0 Å². The number of anilines is 3. The quantitative estimate of drug-likeness (QED) is 0.157. The second kappa shape index (κ2) is 14.3. The summed E-state index contributed by atoms with van der Waals surface area (Å²) in [6, 6.07) is 71.1. The van der Waals surface area contributed by atoms with Gasteiger partial charge in [-0.1, -0.05) is 164 Å². The molecule has 0 aliphatic carbocycles. The number of aromatic nitrogens is 3. The Morgan fingerprint density at radius 3 is 1.30 bits per heavy atom. The van der Waals surface area contributed by atoms with Crippen molar-refractivity contribution in [3.63, 3.8) is 0 Å². The molecule has 0 unspecified atom stereocenters. The minimum Gasteiger partial charge on any atom is -0.454 e. The van der Waals surface area contributed by atoms with Crippen LogP contribution in [-0.4, -0.2) is 15.0 Å². The van der Waals surface area contributed by atoms with E-state index in [1.165, 1.54) is 16.7 Å². The zero-order valence-electron chi connectivity index (χ0n) is 30.3. The molecule has 2 aromatic heterocycles. The van der Waals surface area contributed by atoms with Crippen LogP contribution < -0.4 is 4.90 Å². The van der Waals surface area contributed by atoms with Gasteiger partial charge in [0, 0.05) is 38.8 Å². The summed E-state index contributed by atoms with van der Waals surface area (Å²) in [4.78, 5) is 17.1. The van der Waals surface area contributed by atoms with Crippen molar-refractivity contribution in [1.29, 1.82) is 0 Å². The average Bonchev–Trinajstić information content (AvgIpc) is 3.67. The van der Waals surface area contributed by atoms with Gasteiger partial charge in [0.05, 0.1) is 5.69 Å². The molecule has 0 bridgehead atoms. The van der Waals surface area contributed by atoms with Gasteiger partial charge in [0.25, 0.3) is 0 Å². The molecule has 0 N–H and O–H groups in total. The lowest BCUT2D eigenvalue weighted by atomic mass is 10.00. The Bertz CT molecular complexity index is 2870. The van der Waals surface area contributed by atoms with E-state index < -0.39 is 0 Å². The van der Waals surface area contributed by atoms with E-state index in [0.717, 1.165) is 61.3 Å². The van der Waals surface area contributed by atoms with Crippen LogP contribution >= 0.6 is 0 Å². The van der Waals surface area contributed by atoms with E-state index in [4.69, 9.17) is 19.4 Å². The van der Waals surface area contributed by atoms with Gasteiger partial charge in [0.15, 0.2) is 23.1 Å². The van der Waals surface area contributed by atoms with E-state index in [9.17, 15) is 0 Å². The molecule has 10 aromatic rings. The molecule has 0 saturated heterocycles. The van der Waals surface area contributed by atoms with Crippen molar-refractivity contribution in [3.05, 3.63) is 206 Å². The summed E-state index contributed by atoms with van der Waals surface area (Å²) >= 11 is 0. The molecule has 2 heterocycles. The van der Waals surface area contributed by atoms with E-state index in [0.29, 0.717) is 17.5 Å². The zero-order chi connectivity index (χ0) is 37.3. The van der Waals surface area contributed by atoms with Crippen molar-refractivity contribution in [1.82, 2.24) is 15.0 Å². The molecular weight excluding hydrogens is 685 g/mol. The van der Waals surface area contributed by atoms with Crippen molar-refractivity contribution in [2.24, 2.45) is 0 Å². The van der Waals surface area contributed by atoms with Gasteiger partial charge in [-0.3, -0.25) is 0 Å². The van der Waals surface area contributed by atoms with E-state index in [1.807, 2.05) is 78.9 Å². The van der Waals surface area contributed by atoms with Crippen molar-refractivity contribution >= 4 is 39.0 Å². The lowest BCUT2D eigenvalue weighted by molar-refractivity contribution is 0.669. The minimum atomic E-state index is 0.584. The molecule has 5 heteroatoms. The van der Waals surface area contributed by atoms with Gasteiger partial charge in [-0.2, -0.15) is 0 Å². The van der Waals surface area contributed by atoms with Crippen LogP contribution in [-0.2, 0) is 0 Å². The standard InChI is InChI=1S/C51H34N4O/c1-5-14-35(15-6-1)36-24-26-37(27-25-36)38-28-31-43(32-29-38)55(42-20-11-4-12-21-42)46-23-13-22-45-44-33-30-41(34-47(44)56-48(45)46)51-53-49(39-16-7-2-8-17-39)52-50(54-51)40-18-9-3-10-19-40/h1-34H. The Balaban J connectivity index is 1.05. The molecule has 0 aliphatic rings. The first kappa shape index (κ1) is 33.0. The SMILES string of the molecule is c1ccc(-c2ccc(-c3ccc(N(c4ccccc4)c4cccc5c4oc4cc(-c6nc(-c7ccccc7)nc(-c7ccccc7)n6)ccc45)cc3)cc2)cc1. The number of nitrogens with zero attached hydrogens (tertiary/aromatic N) is 4. The highest BCUT2D eigenvalue weighted by atomic mass is 16.3. The Morgan fingerprint density at radius 2 is 0.750 bits per heavy atom. The maximum Gasteiger partial charge on any atom is 0.164 e. The van der Waals surface area contributed by atoms with Gasteiger partial charge in [-0.15, -0.1) is 0 Å². The fourth-order valence-electron chi connectivity index (χ4n) is 7.33.